The molecule has 1 amide bonds. The number of hydrogen-bond acceptors (Lipinski definition) is 5. The number of hydrogen-bond donors (Lipinski definition) is 2. The average Bonchev–Trinajstić information content (AvgIpc) is 2.74. The van der Waals surface area contributed by atoms with Crippen LogP contribution in [0.4, 0.5) is 5.69 Å². The van der Waals surface area contributed by atoms with Crippen LogP contribution < -0.4 is 20.2 Å². The van der Waals surface area contributed by atoms with Gasteiger partial charge in [0.2, 0.25) is 0 Å². The van der Waals surface area contributed by atoms with E-state index in [-0.39, 0.29) is 12.5 Å². The number of halogens is 1. The summed E-state index contributed by atoms with van der Waals surface area (Å²) in [6.45, 7) is 2.60. The molecule has 0 unspecified atom stereocenters. The Bertz CT molecular complexity index is 1030. The molecule has 0 saturated carbocycles. The number of hydrazone groups is 1. The lowest BCUT2D eigenvalue weighted by Gasteiger charge is -2.12. The molecule has 0 aliphatic carbocycles. The Morgan fingerprint density at radius 2 is 1.97 bits per heavy atom. The fourth-order valence-corrected chi connectivity index (χ4v) is 3.65. The predicted molar refractivity (Wildman–Crippen MR) is 125 cm³/mol. The lowest BCUT2D eigenvalue weighted by atomic mass is 10.1. The molecular formula is C22H22IN3O3. The second kappa shape index (κ2) is 10.1. The van der Waals surface area contributed by atoms with Gasteiger partial charge in [-0.1, -0.05) is 36.4 Å². The van der Waals surface area contributed by atoms with Gasteiger partial charge in [0.05, 0.1) is 30.0 Å². The zero-order valence-corrected chi connectivity index (χ0v) is 18.4. The van der Waals surface area contributed by atoms with E-state index >= 15 is 0 Å². The molecule has 0 atom stereocenters. The van der Waals surface area contributed by atoms with E-state index in [0.717, 1.165) is 25.6 Å². The first-order valence-electron chi connectivity index (χ1n) is 9.16. The van der Waals surface area contributed by atoms with Crippen LogP contribution in [0, 0.1) is 3.57 Å². The second-order valence-electron chi connectivity index (χ2n) is 6.14. The Labute approximate surface area is 183 Å². The summed E-state index contributed by atoms with van der Waals surface area (Å²) in [6, 6.07) is 17.7. The molecule has 3 rings (SSSR count). The lowest BCUT2D eigenvalue weighted by molar-refractivity contribution is -0.119. The van der Waals surface area contributed by atoms with Gasteiger partial charge in [0, 0.05) is 11.1 Å². The van der Waals surface area contributed by atoms with Gasteiger partial charge in [-0.15, -0.1) is 0 Å². The third-order valence-corrected chi connectivity index (χ3v) is 4.97. The number of ether oxygens (including phenoxy) is 2. The fourth-order valence-electron chi connectivity index (χ4n) is 2.87. The molecule has 3 aromatic carbocycles. The molecule has 29 heavy (non-hydrogen) atoms. The number of amides is 1. The SMILES string of the molecule is CCOc1c(I)cc(/C=N\NC(=O)CNc2cccc3ccccc23)cc1OC. The molecule has 0 heterocycles. The molecule has 0 radical (unpaired) electrons. The van der Waals surface area contributed by atoms with Crippen LogP contribution in [0.15, 0.2) is 59.7 Å². The van der Waals surface area contributed by atoms with Crippen LogP contribution in [0.25, 0.3) is 10.8 Å². The molecule has 6 nitrogen and oxygen atoms in total. The van der Waals surface area contributed by atoms with E-state index in [2.05, 4.69) is 38.4 Å². The van der Waals surface area contributed by atoms with Gasteiger partial charge in [-0.05, 0) is 58.7 Å². The van der Waals surface area contributed by atoms with E-state index in [9.17, 15) is 4.79 Å². The maximum Gasteiger partial charge on any atom is 0.259 e. The van der Waals surface area contributed by atoms with Gasteiger partial charge in [-0.3, -0.25) is 4.79 Å². The molecule has 7 heteroatoms. The van der Waals surface area contributed by atoms with Gasteiger partial charge < -0.3 is 14.8 Å². The predicted octanol–water partition coefficient (Wildman–Crippen LogP) is 4.41. The summed E-state index contributed by atoms with van der Waals surface area (Å²) in [5.41, 5.74) is 4.25. The number of nitrogens with one attached hydrogen (secondary N) is 2. The Balaban J connectivity index is 1.60. The molecule has 0 aliphatic rings. The highest BCUT2D eigenvalue weighted by Gasteiger charge is 2.10. The molecule has 0 fully saturated rings. The van der Waals surface area contributed by atoms with E-state index < -0.39 is 0 Å². The summed E-state index contributed by atoms with van der Waals surface area (Å²) in [5, 5.41) is 9.40. The van der Waals surface area contributed by atoms with Gasteiger partial charge in [0.1, 0.15) is 0 Å². The zero-order valence-electron chi connectivity index (χ0n) is 16.2. The highest BCUT2D eigenvalue weighted by atomic mass is 127. The first-order valence-corrected chi connectivity index (χ1v) is 10.2. The largest absolute Gasteiger partial charge is 0.493 e. The summed E-state index contributed by atoms with van der Waals surface area (Å²) in [6.07, 6.45) is 1.58. The molecular weight excluding hydrogens is 481 g/mol. The van der Waals surface area contributed by atoms with Crippen LogP contribution in [-0.4, -0.2) is 32.4 Å². The van der Waals surface area contributed by atoms with Gasteiger partial charge in [-0.25, -0.2) is 5.43 Å². The first kappa shape index (κ1) is 20.9. The van der Waals surface area contributed by atoms with Crippen LogP contribution >= 0.6 is 22.6 Å². The Hall–Kier alpha value is -2.81. The van der Waals surface area contributed by atoms with Crippen LogP contribution in [0.3, 0.4) is 0 Å². The number of fused-ring (bicyclic) bond motifs is 1. The van der Waals surface area contributed by atoms with E-state index in [4.69, 9.17) is 9.47 Å². The van der Waals surface area contributed by atoms with Gasteiger partial charge in [-0.2, -0.15) is 5.10 Å². The number of rotatable bonds is 8. The van der Waals surface area contributed by atoms with Gasteiger partial charge in [0.25, 0.3) is 5.91 Å². The highest BCUT2D eigenvalue weighted by molar-refractivity contribution is 14.1. The minimum atomic E-state index is -0.234. The fraction of sp³-hybridized carbons (Fsp3) is 0.182. The van der Waals surface area contributed by atoms with Crippen molar-refractivity contribution in [1.29, 1.82) is 0 Å². The molecule has 150 valence electrons. The smallest absolute Gasteiger partial charge is 0.259 e. The highest BCUT2D eigenvalue weighted by Crippen LogP contribution is 2.33. The van der Waals surface area contributed by atoms with E-state index in [1.165, 1.54) is 0 Å². The van der Waals surface area contributed by atoms with Crippen molar-refractivity contribution in [3.8, 4) is 11.5 Å². The van der Waals surface area contributed by atoms with Gasteiger partial charge >= 0.3 is 0 Å². The monoisotopic (exact) mass is 503 g/mol. The molecule has 3 aromatic rings. The topological polar surface area (TPSA) is 72.0 Å². The summed E-state index contributed by atoms with van der Waals surface area (Å²) in [5.74, 6) is 1.10. The molecule has 0 spiro atoms. The van der Waals surface area contributed by atoms with Crippen molar-refractivity contribution in [1.82, 2.24) is 5.43 Å². The minimum Gasteiger partial charge on any atom is -0.493 e. The third-order valence-electron chi connectivity index (χ3n) is 4.17. The molecule has 0 saturated heterocycles. The summed E-state index contributed by atoms with van der Waals surface area (Å²) >= 11 is 2.19. The van der Waals surface area contributed by atoms with Crippen molar-refractivity contribution in [3.63, 3.8) is 0 Å². The quantitative estimate of drug-likeness (QED) is 0.272. The van der Waals surface area contributed by atoms with Crippen LogP contribution in [-0.2, 0) is 4.79 Å². The number of benzene rings is 3. The van der Waals surface area contributed by atoms with Crippen molar-refractivity contribution in [2.24, 2.45) is 5.10 Å². The lowest BCUT2D eigenvalue weighted by Crippen LogP contribution is -2.25. The summed E-state index contributed by atoms with van der Waals surface area (Å²) in [4.78, 5) is 12.1. The Morgan fingerprint density at radius 1 is 1.17 bits per heavy atom. The van der Waals surface area contributed by atoms with Crippen LogP contribution in [0.2, 0.25) is 0 Å². The van der Waals surface area contributed by atoms with Gasteiger partial charge in [0.15, 0.2) is 11.5 Å². The zero-order chi connectivity index (χ0) is 20.6. The standard InChI is InChI=1S/C22H22IN3O3/c1-3-29-22-18(23)11-15(12-20(22)28-2)13-25-26-21(27)14-24-19-10-6-8-16-7-4-5-9-17(16)19/h4-13,24H,3,14H2,1-2H3,(H,26,27)/b25-13-. The number of anilines is 1. The van der Waals surface area contributed by atoms with E-state index in [1.807, 2.05) is 61.5 Å². The van der Waals surface area contributed by atoms with Crippen LogP contribution in [0.5, 0.6) is 11.5 Å². The summed E-state index contributed by atoms with van der Waals surface area (Å²) < 4.78 is 11.9. The molecule has 0 aliphatic heterocycles. The number of methoxy groups -OCH3 is 1. The average molecular weight is 503 g/mol. The molecule has 0 aromatic heterocycles. The summed E-state index contributed by atoms with van der Waals surface area (Å²) in [7, 11) is 1.59. The van der Waals surface area contributed by atoms with Crippen LogP contribution in [0.1, 0.15) is 12.5 Å². The Morgan fingerprint density at radius 3 is 2.76 bits per heavy atom. The number of carbonyl (C=O) groups excluding carboxylic acids is 1. The van der Waals surface area contributed by atoms with Crippen molar-refractivity contribution >= 4 is 51.2 Å². The number of carbonyl (C=O) groups is 1. The van der Waals surface area contributed by atoms with Crippen molar-refractivity contribution in [2.75, 3.05) is 25.6 Å². The van der Waals surface area contributed by atoms with Crippen molar-refractivity contribution in [3.05, 3.63) is 63.7 Å². The first-order chi connectivity index (χ1) is 14.1. The minimum absolute atomic E-state index is 0.121. The molecule has 0 bridgehead atoms. The third kappa shape index (κ3) is 5.38. The number of nitrogens with zero attached hydrogens (tertiary/aromatic N) is 1. The molecule has 2 N–H and O–H groups in total. The van der Waals surface area contributed by atoms with Crippen molar-refractivity contribution < 1.29 is 14.3 Å². The maximum atomic E-state index is 12.1. The normalized spacial score (nSPS) is 10.9. The van der Waals surface area contributed by atoms with E-state index in [0.29, 0.717) is 18.1 Å². The second-order valence-corrected chi connectivity index (χ2v) is 7.30. The maximum absolute atomic E-state index is 12.1. The van der Waals surface area contributed by atoms with Crippen molar-refractivity contribution in [2.45, 2.75) is 6.92 Å². The van der Waals surface area contributed by atoms with E-state index in [1.54, 1.807) is 13.3 Å². The Kier molecular flexibility index (Phi) is 7.29.